The average molecular weight is 371 g/mol. The van der Waals surface area contributed by atoms with Crippen LogP contribution in [0, 0.1) is 10.1 Å². The fourth-order valence-corrected chi connectivity index (χ4v) is 2.59. The van der Waals surface area contributed by atoms with Gasteiger partial charge in [-0.05, 0) is 24.3 Å². The smallest absolute Gasteiger partial charge is 0.349 e. The van der Waals surface area contributed by atoms with Gasteiger partial charge in [0.2, 0.25) is 0 Å². The number of ether oxygens (including phenoxy) is 2. The number of carbonyl (C=O) groups excluding carboxylic acids is 2. The number of anilines is 1. The third-order valence-electron chi connectivity index (χ3n) is 2.74. The summed E-state index contributed by atoms with van der Waals surface area (Å²) in [6.07, 6.45) is 0. The van der Waals surface area contributed by atoms with Crippen LogP contribution in [0.3, 0.4) is 0 Å². The molecular formula is C14H11ClN2O6S. The Morgan fingerprint density at radius 2 is 2.08 bits per heavy atom. The number of nitro groups is 1. The quantitative estimate of drug-likeness (QED) is 0.475. The van der Waals surface area contributed by atoms with E-state index < -0.39 is 23.4 Å². The molecule has 0 radical (unpaired) electrons. The molecule has 0 aliphatic carbocycles. The number of thiophene rings is 1. The maximum Gasteiger partial charge on any atom is 0.349 e. The van der Waals surface area contributed by atoms with Gasteiger partial charge in [-0.1, -0.05) is 22.9 Å². The molecule has 126 valence electrons. The molecule has 0 aliphatic heterocycles. The molecule has 0 fully saturated rings. The molecule has 10 heteroatoms. The Labute approximate surface area is 145 Å². The van der Waals surface area contributed by atoms with E-state index in [1.165, 1.54) is 25.3 Å². The van der Waals surface area contributed by atoms with Crippen LogP contribution < -0.4 is 10.1 Å². The zero-order chi connectivity index (χ0) is 17.7. The van der Waals surface area contributed by atoms with Gasteiger partial charge in [0.15, 0.2) is 6.61 Å². The molecule has 1 aromatic carbocycles. The molecule has 1 aromatic heterocycles. The molecule has 0 aliphatic rings. The number of carbonyl (C=O) groups is 2. The van der Waals surface area contributed by atoms with Gasteiger partial charge >= 0.3 is 11.0 Å². The van der Waals surface area contributed by atoms with E-state index in [0.717, 1.165) is 0 Å². The Hall–Kier alpha value is -2.65. The molecule has 0 saturated carbocycles. The molecule has 2 rings (SSSR count). The van der Waals surface area contributed by atoms with Crippen molar-refractivity contribution in [1.29, 1.82) is 0 Å². The number of nitrogens with zero attached hydrogens (tertiary/aromatic N) is 1. The third kappa shape index (κ3) is 4.43. The molecule has 0 atom stereocenters. The molecule has 0 spiro atoms. The lowest BCUT2D eigenvalue weighted by atomic mass is 10.3. The SMILES string of the molecule is COc1ccc(Cl)cc1NC(=O)COC(=O)c1ccc([N+](=O)[O-])s1. The van der Waals surface area contributed by atoms with E-state index >= 15 is 0 Å². The van der Waals surface area contributed by atoms with Crippen LogP contribution >= 0.6 is 22.9 Å². The van der Waals surface area contributed by atoms with Crippen LogP contribution in [0.25, 0.3) is 0 Å². The van der Waals surface area contributed by atoms with E-state index in [1.54, 1.807) is 12.1 Å². The maximum absolute atomic E-state index is 11.8. The topological polar surface area (TPSA) is 108 Å². The molecule has 0 saturated heterocycles. The van der Waals surface area contributed by atoms with E-state index in [1.807, 2.05) is 0 Å². The lowest BCUT2D eigenvalue weighted by molar-refractivity contribution is -0.380. The van der Waals surface area contributed by atoms with Gasteiger partial charge in [0.05, 0.1) is 17.7 Å². The highest BCUT2D eigenvalue weighted by atomic mass is 35.5. The van der Waals surface area contributed by atoms with Crippen molar-refractivity contribution in [3.8, 4) is 5.75 Å². The van der Waals surface area contributed by atoms with E-state index in [4.69, 9.17) is 21.1 Å². The molecule has 0 unspecified atom stereocenters. The summed E-state index contributed by atoms with van der Waals surface area (Å²) in [7, 11) is 1.43. The van der Waals surface area contributed by atoms with Gasteiger partial charge in [-0.15, -0.1) is 0 Å². The maximum atomic E-state index is 11.8. The zero-order valence-corrected chi connectivity index (χ0v) is 13.8. The summed E-state index contributed by atoms with van der Waals surface area (Å²) in [6.45, 7) is -0.555. The third-order valence-corrected chi connectivity index (χ3v) is 3.99. The summed E-state index contributed by atoms with van der Waals surface area (Å²) in [4.78, 5) is 33.6. The first-order chi connectivity index (χ1) is 11.4. The highest BCUT2D eigenvalue weighted by Crippen LogP contribution is 2.28. The highest BCUT2D eigenvalue weighted by molar-refractivity contribution is 7.17. The molecule has 8 nitrogen and oxygen atoms in total. The van der Waals surface area contributed by atoms with Gasteiger partial charge in [-0.3, -0.25) is 14.9 Å². The van der Waals surface area contributed by atoms with Gasteiger partial charge in [-0.25, -0.2) is 4.79 Å². The normalized spacial score (nSPS) is 10.1. The summed E-state index contributed by atoms with van der Waals surface area (Å²) in [5.74, 6) is -1.02. The van der Waals surface area contributed by atoms with Crippen molar-refractivity contribution >= 4 is 45.5 Å². The Kier molecular flexibility index (Phi) is 5.72. The van der Waals surface area contributed by atoms with Gasteiger partial charge in [-0.2, -0.15) is 0 Å². The van der Waals surface area contributed by atoms with Crippen molar-refractivity contribution in [2.24, 2.45) is 0 Å². The minimum atomic E-state index is -0.818. The second-order valence-electron chi connectivity index (χ2n) is 4.36. The van der Waals surface area contributed by atoms with E-state index in [9.17, 15) is 19.7 Å². The number of nitrogens with one attached hydrogen (secondary N) is 1. The number of rotatable bonds is 6. The summed E-state index contributed by atoms with van der Waals surface area (Å²) >= 11 is 6.52. The second-order valence-corrected chi connectivity index (χ2v) is 5.86. The van der Waals surface area contributed by atoms with Crippen molar-refractivity contribution in [3.63, 3.8) is 0 Å². The van der Waals surface area contributed by atoms with Crippen LogP contribution in [-0.4, -0.2) is 30.5 Å². The monoisotopic (exact) mass is 370 g/mol. The Bertz CT molecular complexity index is 791. The Morgan fingerprint density at radius 3 is 2.71 bits per heavy atom. The van der Waals surface area contributed by atoms with E-state index in [-0.39, 0.29) is 9.88 Å². The minimum Gasteiger partial charge on any atom is -0.495 e. The molecule has 1 N–H and O–H groups in total. The predicted molar refractivity (Wildman–Crippen MR) is 87.9 cm³/mol. The first-order valence-electron chi connectivity index (χ1n) is 6.45. The van der Waals surface area contributed by atoms with Crippen molar-refractivity contribution in [3.05, 3.63) is 50.3 Å². The molecule has 1 amide bonds. The fraction of sp³-hybridized carbons (Fsp3) is 0.143. The van der Waals surface area contributed by atoms with E-state index in [2.05, 4.69) is 5.32 Å². The molecule has 1 heterocycles. The molecular weight excluding hydrogens is 360 g/mol. The summed E-state index contributed by atoms with van der Waals surface area (Å²) in [5, 5.41) is 13.3. The van der Waals surface area contributed by atoms with Crippen molar-refractivity contribution < 1.29 is 24.0 Å². The number of benzene rings is 1. The molecule has 2 aromatic rings. The number of hydrogen-bond acceptors (Lipinski definition) is 7. The van der Waals surface area contributed by atoms with Gasteiger partial charge in [0.25, 0.3) is 5.91 Å². The zero-order valence-electron chi connectivity index (χ0n) is 12.3. The largest absolute Gasteiger partial charge is 0.495 e. The van der Waals surface area contributed by atoms with E-state index in [0.29, 0.717) is 27.8 Å². The average Bonchev–Trinajstić information content (AvgIpc) is 3.03. The lowest BCUT2D eigenvalue weighted by Gasteiger charge is -2.10. The van der Waals surface area contributed by atoms with Crippen LogP contribution in [-0.2, 0) is 9.53 Å². The standard InChI is InChI=1S/C14H11ClN2O6S/c1-22-10-3-2-8(15)6-9(10)16-12(18)7-23-14(19)11-4-5-13(24-11)17(20)21/h2-6H,7H2,1H3,(H,16,18). The van der Waals surface area contributed by atoms with Crippen LogP contribution in [0.2, 0.25) is 5.02 Å². The number of esters is 1. The van der Waals surface area contributed by atoms with Crippen molar-refractivity contribution in [1.82, 2.24) is 0 Å². The van der Waals surface area contributed by atoms with Gasteiger partial charge < -0.3 is 14.8 Å². The van der Waals surface area contributed by atoms with Gasteiger partial charge in [0, 0.05) is 11.1 Å². The fourth-order valence-electron chi connectivity index (χ4n) is 1.70. The first kappa shape index (κ1) is 17.7. The Morgan fingerprint density at radius 1 is 1.33 bits per heavy atom. The van der Waals surface area contributed by atoms with Crippen LogP contribution in [0.1, 0.15) is 9.67 Å². The highest BCUT2D eigenvalue weighted by Gasteiger charge is 2.18. The van der Waals surface area contributed by atoms with Crippen LogP contribution in [0.5, 0.6) is 5.75 Å². The summed E-state index contributed by atoms with van der Waals surface area (Å²) < 4.78 is 9.90. The number of hydrogen-bond donors (Lipinski definition) is 1. The molecule has 24 heavy (non-hydrogen) atoms. The van der Waals surface area contributed by atoms with Crippen molar-refractivity contribution in [2.75, 3.05) is 19.0 Å². The number of halogens is 1. The van der Waals surface area contributed by atoms with Crippen LogP contribution in [0.4, 0.5) is 10.7 Å². The minimum absolute atomic E-state index is 0.0369. The number of amides is 1. The molecule has 0 bridgehead atoms. The first-order valence-corrected chi connectivity index (χ1v) is 7.65. The number of methoxy groups -OCH3 is 1. The second kappa shape index (κ2) is 7.75. The van der Waals surface area contributed by atoms with Crippen molar-refractivity contribution in [2.45, 2.75) is 0 Å². The lowest BCUT2D eigenvalue weighted by Crippen LogP contribution is -2.20. The van der Waals surface area contributed by atoms with Crippen LogP contribution in [0.15, 0.2) is 30.3 Å². The summed E-state index contributed by atoms with van der Waals surface area (Å²) in [5.41, 5.74) is 0.331. The Balaban J connectivity index is 1.94. The predicted octanol–water partition coefficient (Wildman–Crippen LogP) is 3.11. The van der Waals surface area contributed by atoms with Gasteiger partial charge in [0.1, 0.15) is 10.6 Å². The summed E-state index contributed by atoms with van der Waals surface area (Å²) in [6, 6.07) is 7.12.